The smallest absolute Gasteiger partial charge is 0.197 e. The molecule has 3 aromatic rings. The molecule has 0 atom stereocenters. The lowest BCUT2D eigenvalue weighted by Gasteiger charge is -2.06. The van der Waals surface area contributed by atoms with Crippen molar-refractivity contribution in [3.63, 3.8) is 0 Å². The monoisotopic (exact) mass is 316 g/mol. The maximum Gasteiger partial charge on any atom is 0.197 e. The van der Waals surface area contributed by atoms with Gasteiger partial charge in [-0.1, -0.05) is 46.3 Å². The molecule has 3 rings (SSSR count). The summed E-state index contributed by atoms with van der Waals surface area (Å²) in [6, 6.07) is 16.1. The lowest BCUT2D eigenvalue weighted by atomic mass is 10.1. The topological polar surface area (TPSA) is 28.7 Å². The van der Waals surface area contributed by atoms with Crippen LogP contribution >= 0.6 is 28.1 Å². The van der Waals surface area contributed by atoms with Gasteiger partial charge in [-0.25, -0.2) is 4.98 Å². The van der Waals surface area contributed by atoms with Crippen LogP contribution < -0.4 is 0 Å². The molecule has 1 aromatic heterocycles. The molecule has 0 spiro atoms. The van der Waals surface area contributed by atoms with Crippen molar-refractivity contribution in [3.8, 4) is 11.3 Å². The Labute approximate surface area is 118 Å². The Kier molecular flexibility index (Phi) is 2.97. The molecule has 0 saturated carbocycles. The zero-order valence-corrected chi connectivity index (χ0v) is 11.8. The molecule has 1 heterocycles. The second-order valence-electron chi connectivity index (χ2n) is 3.95. The summed E-state index contributed by atoms with van der Waals surface area (Å²) in [5, 5.41) is 1.06. The molecule has 88 valence electrons. The molecule has 0 aliphatic carbocycles. The first-order chi connectivity index (χ1) is 8.74. The third kappa shape index (κ3) is 2.09. The molecule has 0 amide bonds. The molecule has 18 heavy (non-hydrogen) atoms. The number of nitrogens with zero attached hydrogens (tertiary/aromatic N) is 1. The van der Waals surface area contributed by atoms with Gasteiger partial charge in [-0.05, 0) is 30.4 Å². The number of H-pyrrole nitrogens is 1. The van der Waals surface area contributed by atoms with Gasteiger partial charge in [0.25, 0.3) is 0 Å². The lowest BCUT2D eigenvalue weighted by molar-refractivity contribution is 1.19. The largest absolute Gasteiger partial charge is 0.330 e. The van der Waals surface area contributed by atoms with Crippen molar-refractivity contribution in [2.24, 2.45) is 0 Å². The van der Waals surface area contributed by atoms with Crippen LogP contribution in [0.5, 0.6) is 0 Å². The lowest BCUT2D eigenvalue weighted by Crippen LogP contribution is -1.90. The van der Waals surface area contributed by atoms with Crippen LogP contribution in [0.25, 0.3) is 22.2 Å². The Morgan fingerprint density at radius 3 is 2.61 bits per heavy atom. The normalized spacial score (nSPS) is 10.7. The summed E-state index contributed by atoms with van der Waals surface area (Å²) in [7, 11) is 0. The van der Waals surface area contributed by atoms with E-state index >= 15 is 0 Å². The average molecular weight is 317 g/mol. The summed E-state index contributed by atoms with van der Waals surface area (Å²) in [6.07, 6.45) is 0. The van der Waals surface area contributed by atoms with E-state index in [1.807, 2.05) is 42.5 Å². The van der Waals surface area contributed by atoms with Gasteiger partial charge in [0.1, 0.15) is 0 Å². The number of hydrogen-bond donors (Lipinski definition) is 1. The number of aromatic nitrogens is 2. The summed E-state index contributed by atoms with van der Waals surface area (Å²) in [5.41, 5.74) is 2.98. The number of hydrogen-bond acceptors (Lipinski definition) is 2. The van der Waals surface area contributed by atoms with Crippen molar-refractivity contribution in [2.45, 2.75) is 0 Å². The zero-order chi connectivity index (χ0) is 12.5. The van der Waals surface area contributed by atoms with Crippen LogP contribution in [0.2, 0.25) is 0 Å². The first-order valence-electron chi connectivity index (χ1n) is 5.49. The van der Waals surface area contributed by atoms with Crippen molar-refractivity contribution in [2.75, 3.05) is 0 Å². The number of nitrogens with one attached hydrogen (secondary N) is 1. The van der Waals surface area contributed by atoms with Crippen LogP contribution in [0.15, 0.2) is 53.0 Å². The highest BCUT2D eigenvalue weighted by Gasteiger charge is 2.06. The SMILES string of the molecule is S=c1nc(-c2ccccc2)c2cc(Br)ccc2[nH]1. The van der Waals surface area contributed by atoms with Gasteiger partial charge >= 0.3 is 0 Å². The van der Waals surface area contributed by atoms with Crippen molar-refractivity contribution in [1.82, 2.24) is 9.97 Å². The van der Waals surface area contributed by atoms with Gasteiger partial charge in [0.05, 0.1) is 5.69 Å². The Morgan fingerprint density at radius 2 is 1.83 bits per heavy atom. The van der Waals surface area contributed by atoms with Crippen LogP contribution in [0.4, 0.5) is 0 Å². The number of rotatable bonds is 1. The Balaban J connectivity index is 2.41. The molecule has 0 fully saturated rings. The average Bonchev–Trinajstić information content (AvgIpc) is 2.39. The van der Waals surface area contributed by atoms with E-state index in [2.05, 4.69) is 32.0 Å². The zero-order valence-electron chi connectivity index (χ0n) is 9.35. The fourth-order valence-corrected chi connectivity index (χ4v) is 2.50. The number of halogens is 1. The van der Waals surface area contributed by atoms with Crippen LogP contribution in [-0.4, -0.2) is 9.97 Å². The maximum absolute atomic E-state index is 5.18. The number of fused-ring (bicyclic) bond motifs is 1. The van der Waals surface area contributed by atoms with E-state index in [1.54, 1.807) is 0 Å². The van der Waals surface area contributed by atoms with E-state index < -0.39 is 0 Å². The predicted molar refractivity (Wildman–Crippen MR) is 80.1 cm³/mol. The third-order valence-corrected chi connectivity index (χ3v) is 3.43. The molecule has 0 aliphatic heterocycles. The second-order valence-corrected chi connectivity index (χ2v) is 5.25. The number of aromatic amines is 1. The molecule has 0 unspecified atom stereocenters. The van der Waals surface area contributed by atoms with E-state index in [1.165, 1.54) is 0 Å². The molecular formula is C14H9BrN2S. The maximum atomic E-state index is 5.18. The van der Waals surface area contributed by atoms with Gasteiger partial charge < -0.3 is 4.98 Å². The van der Waals surface area contributed by atoms with E-state index in [0.717, 1.165) is 26.6 Å². The van der Waals surface area contributed by atoms with Gasteiger partial charge in [-0.2, -0.15) is 0 Å². The Bertz CT molecular complexity index is 766. The van der Waals surface area contributed by atoms with Crippen LogP contribution in [0.3, 0.4) is 0 Å². The van der Waals surface area contributed by atoms with E-state index in [-0.39, 0.29) is 0 Å². The van der Waals surface area contributed by atoms with Gasteiger partial charge in [0, 0.05) is 20.9 Å². The molecule has 1 N–H and O–H groups in total. The summed E-state index contributed by atoms with van der Waals surface area (Å²) in [4.78, 5) is 7.56. The van der Waals surface area contributed by atoms with Gasteiger partial charge in [-0.3, -0.25) is 0 Å². The van der Waals surface area contributed by atoms with Gasteiger partial charge in [0.2, 0.25) is 0 Å². The standard InChI is InChI=1S/C14H9BrN2S/c15-10-6-7-12-11(8-10)13(17-14(18)16-12)9-4-2-1-3-5-9/h1-8H,(H,16,17,18). The molecular weight excluding hydrogens is 308 g/mol. The van der Waals surface area contributed by atoms with Gasteiger partial charge in [-0.15, -0.1) is 0 Å². The minimum Gasteiger partial charge on any atom is -0.330 e. The molecule has 2 nitrogen and oxygen atoms in total. The van der Waals surface area contributed by atoms with E-state index in [9.17, 15) is 0 Å². The summed E-state index contributed by atoms with van der Waals surface area (Å²) in [6.45, 7) is 0. The first kappa shape index (κ1) is 11.6. The Morgan fingerprint density at radius 1 is 1.06 bits per heavy atom. The van der Waals surface area contributed by atoms with E-state index in [0.29, 0.717) is 4.77 Å². The molecule has 0 saturated heterocycles. The minimum atomic E-state index is 0.503. The quantitative estimate of drug-likeness (QED) is 0.658. The summed E-state index contributed by atoms with van der Waals surface area (Å²) in [5.74, 6) is 0. The van der Waals surface area contributed by atoms with Crippen molar-refractivity contribution >= 4 is 39.1 Å². The predicted octanol–water partition coefficient (Wildman–Crippen LogP) is 4.72. The van der Waals surface area contributed by atoms with Crippen molar-refractivity contribution in [1.29, 1.82) is 0 Å². The molecule has 0 aliphatic rings. The summed E-state index contributed by atoms with van der Waals surface area (Å²) < 4.78 is 1.53. The third-order valence-electron chi connectivity index (χ3n) is 2.74. The molecule has 2 aromatic carbocycles. The molecule has 0 bridgehead atoms. The van der Waals surface area contributed by atoms with Crippen molar-refractivity contribution in [3.05, 3.63) is 57.8 Å². The number of benzene rings is 2. The summed E-state index contributed by atoms with van der Waals surface area (Å²) >= 11 is 8.67. The first-order valence-corrected chi connectivity index (χ1v) is 6.69. The molecule has 4 heteroatoms. The van der Waals surface area contributed by atoms with Crippen LogP contribution in [0, 0.1) is 4.77 Å². The van der Waals surface area contributed by atoms with Crippen molar-refractivity contribution < 1.29 is 0 Å². The highest BCUT2D eigenvalue weighted by atomic mass is 79.9. The fraction of sp³-hybridized carbons (Fsp3) is 0. The van der Waals surface area contributed by atoms with Crippen LogP contribution in [0.1, 0.15) is 0 Å². The highest BCUT2D eigenvalue weighted by molar-refractivity contribution is 9.10. The van der Waals surface area contributed by atoms with E-state index in [4.69, 9.17) is 12.2 Å². The van der Waals surface area contributed by atoms with Gasteiger partial charge in [0.15, 0.2) is 4.77 Å². The highest BCUT2D eigenvalue weighted by Crippen LogP contribution is 2.27. The molecule has 0 radical (unpaired) electrons. The van der Waals surface area contributed by atoms with Crippen LogP contribution in [-0.2, 0) is 0 Å². The minimum absolute atomic E-state index is 0.503. The second kappa shape index (κ2) is 4.63. The fourth-order valence-electron chi connectivity index (χ4n) is 1.94. The Hall–Kier alpha value is -1.52.